The summed E-state index contributed by atoms with van der Waals surface area (Å²) in [5.74, 6) is 1.67. The van der Waals surface area contributed by atoms with Crippen molar-refractivity contribution in [2.45, 2.75) is 6.92 Å². The van der Waals surface area contributed by atoms with Crippen LogP contribution in [0.25, 0.3) is 0 Å². The van der Waals surface area contributed by atoms with E-state index in [-0.39, 0.29) is 0 Å². The summed E-state index contributed by atoms with van der Waals surface area (Å²) in [7, 11) is 0. The van der Waals surface area contributed by atoms with Gasteiger partial charge in [-0.05, 0) is 6.92 Å². The van der Waals surface area contributed by atoms with Gasteiger partial charge in [-0.25, -0.2) is 0 Å². The van der Waals surface area contributed by atoms with E-state index in [2.05, 4.69) is 15.5 Å². The number of aromatic nitrogens is 1. The van der Waals surface area contributed by atoms with Gasteiger partial charge in [0, 0.05) is 12.6 Å². The average molecular weight is 151 g/mol. The van der Waals surface area contributed by atoms with Crippen molar-refractivity contribution in [3.8, 4) is 0 Å². The molecule has 0 atom stereocenters. The van der Waals surface area contributed by atoms with Crippen molar-refractivity contribution in [1.82, 2.24) is 10.5 Å². The summed E-state index contributed by atoms with van der Waals surface area (Å²) in [6, 6.07) is 1.87. The molecule has 4 heteroatoms. The van der Waals surface area contributed by atoms with Gasteiger partial charge in [0.1, 0.15) is 11.5 Å². The van der Waals surface area contributed by atoms with Crippen LogP contribution in [0.4, 0.5) is 0 Å². The number of nitrogens with one attached hydrogen (secondary N) is 1. The van der Waals surface area contributed by atoms with Crippen LogP contribution >= 0.6 is 0 Å². The maximum Gasteiger partial charge on any atom is 0.151 e. The number of aryl methyl sites for hydroxylation is 1. The van der Waals surface area contributed by atoms with Crippen molar-refractivity contribution in [3.63, 3.8) is 0 Å². The van der Waals surface area contributed by atoms with Crippen LogP contribution in [0.15, 0.2) is 15.6 Å². The van der Waals surface area contributed by atoms with Crippen LogP contribution in [0.2, 0.25) is 0 Å². The number of hydrogen-bond acceptors (Lipinski definition) is 4. The van der Waals surface area contributed by atoms with Gasteiger partial charge in [0.2, 0.25) is 0 Å². The number of amidine groups is 1. The SMILES string of the molecule is Cc1cc(C2=NCCN2)no1. The van der Waals surface area contributed by atoms with E-state index < -0.39 is 0 Å². The van der Waals surface area contributed by atoms with E-state index >= 15 is 0 Å². The molecule has 0 amide bonds. The summed E-state index contributed by atoms with van der Waals surface area (Å²) >= 11 is 0. The van der Waals surface area contributed by atoms with Gasteiger partial charge in [0.25, 0.3) is 0 Å². The Hall–Kier alpha value is -1.32. The average Bonchev–Trinajstić information content (AvgIpc) is 2.55. The van der Waals surface area contributed by atoms with Crippen LogP contribution in [0.1, 0.15) is 11.5 Å². The van der Waals surface area contributed by atoms with Crippen LogP contribution in [-0.4, -0.2) is 24.1 Å². The molecule has 1 N–H and O–H groups in total. The Kier molecular flexibility index (Phi) is 1.38. The fourth-order valence-electron chi connectivity index (χ4n) is 1.05. The van der Waals surface area contributed by atoms with Gasteiger partial charge < -0.3 is 9.84 Å². The van der Waals surface area contributed by atoms with Crippen molar-refractivity contribution in [3.05, 3.63) is 17.5 Å². The molecule has 0 saturated carbocycles. The van der Waals surface area contributed by atoms with Crippen LogP contribution in [0, 0.1) is 6.92 Å². The number of rotatable bonds is 1. The highest BCUT2D eigenvalue weighted by atomic mass is 16.5. The largest absolute Gasteiger partial charge is 0.367 e. The second kappa shape index (κ2) is 2.38. The van der Waals surface area contributed by atoms with E-state index in [1.807, 2.05) is 13.0 Å². The van der Waals surface area contributed by atoms with Crippen molar-refractivity contribution < 1.29 is 4.52 Å². The number of aliphatic imine (C=N–C) groups is 1. The summed E-state index contributed by atoms with van der Waals surface area (Å²) in [5.41, 5.74) is 0.806. The molecule has 58 valence electrons. The molecule has 0 spiro atoms. The smallest absolute Gasteiger partial charge is 0.151 e. The zero-order valence-corrected chi connectivity index (χ0v) is 6.29. The van der Waals surface area contributed by atoms with Gasteiger partial charge in [0.15, 0.2) is 5.84 Å². The van der Waals surface area contributed by atoms with Crippen LogP contribution < -0.4 is 5.32 Å². The molecule has 0 fully saturated rings. The summed E-state index contributed by atoms with van der Waals surface area (Å²) < 4.78 is 4.91. The predicted octanol–water partition coefficient (Wildman–Crippen LogP) is 0.333. The molecule has 0 radical (unpaired) electrons. The molecule has 1 aromatic heterocycles. The first-order chi connectivity index (χ1) is 5.36. The Morgan fingerprint density at radius 1 is 1.64 bits per heavy atom. The summed E-state index contributed by atoms with van der Waals surface area (Å²) in [4.78, 5) is 4.20. The molecule has 0 bridgehead atoms. The lowest BCUT2D eigenvalue weighted by atomic mass is 10.3. The molecule has 1 aromatic rings. The number of nitrogens with zero attached hydrogens (tertiary/aromatic N) is 2. The molecule has 4 nitrogen and oxygen atoms in total. The van der Waals surface area contributed by atoms with Gasteiger partial charge in [-0.2, -0.15) is 0 Å². The normalized spacial score (nSPS) is 16.3. The number of hydrogen-bond donors (Lipinski definition) is 1. The fraction of sp³-hybridized carbons (Fsp3) is 0.429. The van der Waals surface area contributed by atoms with E-state index in [9.17, 15) is 0 Å². The maximum atomic E-state index is 4.91. The lowest BCUT2D eigenvalue weighted by Crippen LogP contribution is -2.19. The summed E-state index contributed by atoms with van der Waals surface area (Å²) in [6.45, 7) is 3.61. The Bertz CT molecular complexity index is 290. The lowest BCUT2D eigenvalue weighted by molar-refractivity contribution is 0.396. The summed E-state index contributed by atoms with van der Waals surface area (Å²) in [5, 5.41) is 6.94. The van der Waals surface area contributed by atoms with Gasteiger partial charge in [0.05, 0.1) is 6.54 Å². The Morgan fingerprint density at radius 2 is 2.55 bits per heavy atom. The molecule has 0 saturated heterocycles. The highest BCUT2D eigenvalue weighted by molar-refractivity contribution is 5.97. The molecule has 0 unspecified atom stereocenters. The molecule has 0 aromatic carbocycles. The minimum Gasteiger partial charge on any atom is -0.367 e. The van der Waals surface area contributed by atoms with E-state index in [1.54, 1.807) is 0 Å². The Morgan fingerprint density at radius 3 is 3.09 bits per heavy atom. The van der Waals surface area contributed by atoms with E-state index in [1.165, 1.54) is 0 Å². The Labute approximate surface area is 64.3 Å². The molecule has 1 aliphatic heterocycles. The highest BCUT2D eigenvalue weighted by Crippen LogP contribution is 2.03. The third-order valence-corrected chi connectivity index (χ3v) is 1.54. The minimum absolute atomic E-state index is 0.806. The van der Waals surface area contributed by atoms with Gasteiger partial charge in [-0.15, -0.1) is 0 Å². The van der Waals surface area contributed by atoms with Crippen molar-refractivity contribution >= 4 is 5.84 Å². The van der Waals surface area contributed by atoms with Crippen molar-refractivity contribution in [2.75, 3.05) is 13.1 Å². The highest BCUT2D eigenvalue weighted by Gasteiger charge is 2.11. The van der Waals surface area contributed by atoms with Crippen molar-refractivity contribution in [2.24, 2.45) is 4.99 Å². The first kappa shape index (κ1) is 6.39. The molecule has 2 rings (SSSR count). The van der Waals surface area contributed by atoms with Gasteiger partial charge in [-0.1, -0.05) is 5.16 Å². The monoisotopic (exact) mass is 151 g/mol. The molecule has 11 heavy (non-hydrogen) atoms. The van der Waals surface area contributed by atoms with E-state index in [4.69, 9.17) is 4.52 Å². The van der Waals surface area contributed by atoms with Gasteiger partial charge in [-0.3, -0.25) is 4.99 Å². The topological polar surface area (TPSA) is 50.4 Å². The molecule has 2 heterocycles. The van der Waals surface area contributed by atoms with E-state index in [0.29, 0.717) is 0 Å². The second-order valence-electron chi connectivity index (χ2n) is 2.48. The maximum absolute atomic E-state index is 4.91. The van der Waals surface area contributed by atoms with E-state index in [0.717, 1.165) is 30.4 Å². The predicted molar refractivity (Wildman–Crippen MR) is 40.6 cm³/mol. The third-order valence-electron chi connectivity index (χ3n) is 1.54. The molecule has 1 aliphatic rings. The van der Waals surface area contributed by atoms with Gasteiger partial charge >= 0.3 is 0 Å². The first-order valence-corrected chi connectivity index (χ1v) is 3.58. The quantitative estimate of drug-likeness (QED) is 0.629. The second-order valence-corrected chi connectivity index (χ2v) is 2.48. The first-order valence-electron chi connectivity index (χ1n) is 3.58. The molecule has 0 aliphatic carbocycles. The standard InChI is InChI=1S/C7H9N3O/c1-5-4-6(10-11-5)7-8-2-3-9-7/h4H,2-3H2,1H3,(H,8,9). The Balaban J connectivity index is 2.28. The van der Waals surface area contributed by atoms with Crippen molar-refractivity contribution in [1.29, 1.82) is 0 Å². The summed E-state index contributed by atoms with van der Waals surface area (Å²) in [6.07, 6.45) is 0. The molecular formula is C7H9N3O. The fourth-order valence-corrected chi connectivity index (χ4v) is 1.05. The van der Waals surface area contributed by atoms with Crippen LogP contribution in [0.3, 0.4) is 0 Å². The third kappa shape index (κ3) is 1.11. The zero-order chi connectivity index (χ0) is 7.68. The van der Waals surface area contributed by atoms with Crippen LogP contribution in [0.5, 0.6) is 0 Å². The lowest BCUT2D eigenvalue weighted by Gasteiger charge is -1.92. The zero-order valence-electron chi connectivity index (χ0n) is 6.29. The minimum atomic E-state index is 0.806. The van der Waals surface area contributed by atoms with Crippen LogP contribution in [-0.2, 0) is 0 Å². The molecular weight excluding hydrogens is 142 g/mol.